The van der Waals surface area contributed by atoms with Crippen molar-refractivity contribution >= 4 is 11.5 Å². The fourth-order valence-electron chi connectivity index (χ4n) is 2.05. The maximum Gasteiger partial charge on any atom is 0.311 e. The van der Waals surface area contributed by atoms with E-state index in [9.17, 15) is 10.1 Å². The van der Waals surface area contributed by atoms with Crippen LogP contribution >= 0.6 is 0 Å². The predicted octanol–water partition coefficient (Wildman–Crippen LogP) is 1.99. The summed E-state index contributed by atoms with van der Waals surface area (Å²) < 4.78 is 11.0. The normalized spacial score (nSPS) is 18.1. The Labute approximate surface area is 117 Å². The fourth-order valence-corrected chi connectivity index (χ4v) is 2.05. The van der Waals surface area contributed by atoms with Gasteiger partial charge in [-0.2, -0.15) is 0 Å². The molecule has 1 N–H and O–H groups in total. The molecule has 2 heterocycles. The quantitative estimate of drug-likeness (QED) is 0.445. The Morgan fingerprint density at radius 1 is 1.60 bits per heavy atom. The highest BCUT2D eigenvalue weighted by atomic mass is 16.6. The van der Waals surface area contributed by atoms with Gasteiger partial charge in [0.2, 0.25) is 5.82 Å². The molecule has 1 unspecified atom stereocenters. The molecule has 20 heavy (non-hydrogen) atoms. The Balaban J connectivity index is 1.62. The molecule has 0 aliphatic carbocycles. The van der Waals surface area contributed by atoms with Gasteiger partial charge in [-0.1, -0.05) is 0 Å². The van der Waals surface area contributed by atoms with Gasteiger partial charge in [0, 0.05) is 32.0 Å². The van der Waals surface area contributed by atoms with Crippen molar-refractivity contribution in [2.75, 3.05) is 31.7 Å². The van der Waals surface area contributed by atoms with Crippen molar-refractivity contribution in [3.63, 3.8) is 0 Å². The van der Waals surface area contributed by atoms with Gasteiger partial charge in [0.1, 0.15) is 0 Å². The first kappa shape index (κ1) is 14.7. The molecule has 1 fully saturated rings. The van der Waals surface area contributed by atoms with Gasteiger partial charge < -0.3 is 14.8 Å². The maximum absolute atomic E-state index is 10.8. The van der Waals surface area contributed by atoms with Gasteiger partial charge in [0.05, 0.1) is 17.6 Å². The molecule has 1 aliphatic heterocycles. The van der Waals surface area contributed by atoms with Crippen LogP contribution in [-0.4, -0.2) is 42.4 Å². The van der Waals surface area contributed by atoms with Crippen molar-refractivity contribution in [3.05, 3.63) is 28.4 Å². The third-order valence-electron chi connectivity index (χ3n) is 3.07. The van der Waals surface area contributed by atoms with Crippen molar-refractivity contribution in [2.24, 2.45) is 0 Å². The lowest BCUT2D eigenvalue weighted by molar-refractivity contribution is -0.384. The highest BCUT2D eigenvalue weighted by molar-refractivity contribution is 5.54. The van der Waals surface area contributed by atoms with Crippen molar-refractivity contribution in [2.45, 2.75) is 25.4 Å². The van der Waals surface area contributed by atoms with Gasteiger partial charge in [0.15, 0.2) is 0 Å². The molecule has 7 nitrogen and oxygen atoms in total. The monoisotopic (exact) mass is 281 g/mol. The van der Waals surface area contributed by atoms with Crippen LogP contribution in [0.3, 0.4) is 0 Å². The van der Waals surface area contributed by atoms with E-state index >= 15 is 0 Å². The average Bonchev–Trinajstić information content (AvgIpc) is 2.96. The number of nitro groups is 1. The lowest BCUT2D eigenvalue weighted by Crippen LogP contribution is -2.16. The molecule has 0 radical (unpaired) electrons. The van der Waals surface area contributed by atoms with E-state index in [2.05, 4.69) is 10.3 Å². The maximum atomic E-state index is 10.8. The minimum absolute atomic E-state index is 0.00669. The number of rotatable bonds is 8. The largest absolute Gasteiger partial charge is 0.379 e. The first-order valence-corrected chi connectivity index (χ1v) is 6.80. The Morgan fingerprint density at radius 2 is 2.50 bits per heavy atom. The van der Waals surface area contributed by atoms with E-state index in [0.29, 0.717) is 25.6 Å². The fraction of sp³-hybridized carbons (Fsp3) is 0.615. The Kier molecular flexibility index (Phi) is 5.69. The van der Waals surface area contributed by atoms with Crippen LogP contribution in [0.2, 0.25) is 0 Å². The van der Waals surface area contributed by atoms with Crippen LogP contribution in [-0.2, 0) is 9.47 Å². The molecular formula is C13H19N3O4. The van der Waals surface area contributed by atoms with Crippen molar-refractivity contribution in [1.82, 2.24) is 4.98 Å². The van der Waals surface area contributed by atoms with Crippen LogP contribution in [0.15, 0.2) is 18.3 Å². The minimum atomic E-state index is -0.441. The number of anilines is 1. The van der Waals surface area contributed by atoms with Gasteiger partial charge in [-0.3, -0.25) is 10.1 Å². The molecule has 2 rings (SSSR count). The van der Waals surface area contributed by atoms with Crippen LogP contribution in [0.4, 0.5) is 11.5 Å². The molecule has 110 valence electrons. The van der Waals surface area contributed by atoms with Gasteiger partial charge in [-0.15, -0.1) is 0 Å². The number of nitrogens with zero attached hydrogens (tertiary/aromatic N) is 2. The highest BCUT2D eigenvalue weighted by Crippen LogP contribution is 2.19. The SMILES string of the molecule is O=[N+]([O-])c1cccnc1NCCCOCC1CCCO1. The summed E-state index contributed by atoms with van der Waals surface area (Å²) in [5, 5.41) is 13.7. The molecular weight excluding hydrogens is 262 g/mol. The third-order valence-corrected chi connectivity index (χ3v) is 3.07. The molecule has 1 saturated heterocycles. The highest BCUT2D eigenvalue weighted by Gasteiger charge is 2.15. The summed E-state index contributed by atoms with van der Waals surface area (Å²) in [5.74, 6) is 0.302. The van der Waals surface area contributed by atoms with Crippen LogP contribution in [0, 0.1) is 10.1 Å². The van der Waals surface area contributed by atoms with Gasteiger partial charge in [0.25, 0.3) is 0 Å². The minimum Gasteiger partial charge on any atom is -0.379 e. The number of ether oxygens (including phenoxy) is 2. The Hall–Kier alpha value is -1.73. The summed E-state index contributed by atoms with van der Waals surface area (Å²) >= 11 is 0. The van der Waals surface area contributed by atoms with Gasteiger partial charge in [-0.25, -0.2) is 4.98 Å². The lowest BCUT2D eigenvalue weighted by Gasteiger charge is -2.10. The van der Waals surface area contributed by atoms with Crippen LogP contribution in [0.1, 0.15) is 19.3 Å². The van der Waals surface area contributed by atoms with E-state index in [-0.39, 0.29) is 11.8 Å². The second kappa shape index (κ2) is 7.76. The van der Waals surface area contributed by atoms with Gasteiger partial charge >= 0.3 is 5.69 Å². The van der Waals surface area contributed by atoms with Crippen LogP contribution < -0.4 is 5.32 Å². The van der Waals surface area contributed by atoms with E-state index < -0.39 is 4.92 Å². The summed E-state index contributed by atoms with van der Waals surface area (Å²) in [5.41, 5.74) is -0.00669. The third kappa shape index (κ3) is 4.43. The predicted molar refractivity (Wildman–Crippen MR) is 73.8 cm³/mol. The zero-order valence-electron chi connectivity index (χ0n) is 11.3. The second-order valence-electron chi connectivity index (χ2n) is 4.62. The molecule has 0 aromatic carbocycles. The molecule has 1 atom stereocenters. The molecule has 7 heteroatoms. The van der Waals surface area contributed by atoms with Crippen LogP contribution in [0.25, 0.3) is 0 Å². The molecule has 1 aliphatic rings. The molecule has 1 aromatic rings. The summed E-state index contributed by atoms with van der Waals surface area (Å²) in [6.07, 6.45) is 4.71. The number of pyridine rings is 1. The molecule has 1 aromatic heterocycles. The van der Waals surface area contributed by atoms with E-state index in [4.69, 9.17) is 9.47 Å². The number of aromatic nitrogens is 1. The summed E-state index contributed by atoms with van der Waals surface area (Å²) in [6, 6.07) is 2.98. The summed E-state index contributed by atoms with van der Waals surface area (Å²) in [6.45, 7) is 2.65. The van der Waals surface area contributed by atoms with E-state index in [0.717, 1.165) is 25.9 Å². The Morgan fingerprint density at radius 3 is 3.25 bits per heavy atom. The summed E-state index contributed by atoms with van der Waals surface area (Å²) in [7, 11) is 0. The molecule has 0 spiro atoms. The van der Waals surface area contributed by atoms with Crippen molar-refractivity contribution < 1.29 is 14.4 Å². The standard InChI is InChI=1S/C13H19N3O4/c17-16(18)12-5-1-6-14-13(12)15-7-3-8-19-10-11-4-2-9-20-11/h1,5-6,11H,2-4,7-10H2,(H,14,15). The lowest BCUT2D eigenvalue weighted by atomic mass is 10.2. The van der Waals surface area contributed by atoms with E-state index in [1.807, 2.05) is 0 Å². The van der Waals surface area contributed by atoms with E-state index in [1.54, 1.807) is 6.07 Å². The first-order valence-electron chi connectivity index (χ1n) is 6.80. The Bertz CT molecular complexity index is 435. The average molecular weight is 281 g/mol. The van der Waals surface area contributed by atoms with Crippen molar-refractivity contribution in [1.29, 1.82) is 0 Å². The number of hydrogen-bond donors (Lipinski definition) is 1. The topological polar surface area (TPSA) is 86.5 Å². The second-order valence-corrected chi connectivity index (χ2v) is 4.62. The zero-order chi connectivity index (χ0) is 14.2. The molecule has 0 bridgehead atoms. The molecule has 0 amide bonds. The first-order chi connectivity index (χ1) is 9.77. The molecule has 0 saturated carbocycles. The zero-order valence-corrected chi connectivity index (χ0v) is 11.3. The number of nitrogens with one attached hydrogen (secondary N) is 1. The van der Waals surface area contributed by atoms with E-state index in [1.165, 1.54) is 12.3 Å². The summed E-state index contributed by atoms with van der Waals surface area (Å²) in [4.78, 5) is 14.3. The smallest absolute Gasteiger partial charge is 0.311 e. The van der Waals surface area contributed by atoms with Crippen molar-refractivity contribution in [3.8, 4) is 0 Å². The van der Waals surface area contributed by atoms with Crippen LogP contribution in [0.5, 0.6) is 0 Å². The van der Waals surface area contributed by atoms with Gasteiger partial charge in [-0.05, 0) is 25.3 Å². The number of hydrogen-bond acceptors (Lipinski definition) is 6.